The average Bonchev–Trinajstić information content (AvgIpc) is 2.65. The number of halogens is 3. The van der Waals surface area contributed by atoms with Crippen LogP contribution < -0.4 is 10.0 Å². The molecule has 28 heavy (non-hydrogen) atoms. The Morgan fingerprint density at radius 1 is 0.857 bits per heavy atom. The zero-order valence-corrected chi connectivity index (χ0v) is 17.1. The van der Waals surface area contributed by atoms with Gasteiger partial charge in [-0.2, -0.15) is 0 Å². The number of carbonyl (C=O) groups is 1. The third-order valence-electron chi connectivity index (χ3n) is 3.56. The summed E-state index contributed by atoms with van der Waals surface area (Å²) in [5.41, 5.74) is 0.0904. The van der Waals surface area contributed by atoms with Crippen molar-refractivity contribution in [3.8, 4) is 0 Å². The maximum Gasteiger partial charge on any atom is 0.261 e. The van der Waals surface area contributed by atoms with E-state index < -0.39 is 15.9 Å². The molecule has 0 radical (unpaired) electrons. The van der Waals surface area contributed by atoms with Gasteiger partial charge in [-0.25, -0.2) is 13.4 Å². The van der Waals surface area contributed by atoms with Crippen LogP contribution in [0.5, 0.6) is 0 Å². The molecule has 0 aliphatic heterocycles. The monoisotopic (exact) mass is 455 g/mol. The minimum Gasteiger partial charge on any atom is -0.306 e. The largest absolute Gasteiger partial charge is 0.306 e. The molecule has 10 heteroatoms. The number of pyridine rings is 1. The molecule has 3 rings (SSSR count). The number of hydrogen-bond acceptors (Lipinski definition) is 4. The molecule has 2 aromatic carbocycles. The van der Waals surface area contributed by atoms with Gasteiger partial charge >= 0.3 is 0 Å². The summed E-state index contributed by atoms with van der Waals surface area (Å²) in [5.74, 6) is -0.341. The molecule has 0 aliphatic carbocycles. The van der Waals surface area contributed by atoms with Crippen LogP contribution in [0.25, 0.3) is 0 Å². The van der Waals surface area contributed by atoms with Crippen LogP contribution >= 0.6 is 34.8 Å². The van der Waals surface area contributed by atoms with Crippen LogP contribution in [0, 0.1) is 0 Å². The van der Waals surface area contributed by atoms with E-state index in [1.165, 1.54) is 54.7 Å². The second-order valence-corrected chi connectivity index (χ2v) is 8.56. The Balaban J connectivity index is 1.91. The molecule has 1 heterocycles. The fourth-order valence-electron chi connectivity index (χ4n) is 2.24. The number of sulfonamides is 1. The third kappa shape index (κ3) is 4.94. The minimum atomic E-state index is -3.94. The summed E-state index contributed by atoms with van der Waals surface area (Å²) in [7, 11) is -3.94. The maximum atomic E-state index is 12.6. The number of nitrogens with zero attached hydrogens (tertiary/aromatic N) is 1. The summed E-state index contributed by atoms with van der Waals surface area (Å²) in [4.78, 5) is 16.6. The molecule has 0 fully saturated rings. The summed E-state index contributed by atoms with van der Waals surface area (Å²) in [5, 5.41) is 3.65. The number of hydrogen-bond donors (Lipinski definition) is 2. The van der Waals surface area contributed by atoms with Gasteiger partial charge in [0.25, 0.3) is 15.9 Å². The van der Waals surface area contributed by atoms with Crippen LogP contribution in [0.4, 0.5) is 11.5 Å². The van der Waals surface area contributed by atoms with Crippen LogP contribution in [0.1, 0.15) is 10.4 Å². The van der Waals surface area contributed by atoms with Gasteiger partial charge in [0, 0.05) is 16.2 Å². The van der Waals surface area contributed by atoms with Crippen LogP contribution in [0.2, 0.25) is 15.1 Å². The molecular weight excluding hydrogens is 445 g/mol. The van der Waals surface area contributed by atoms with Gasteiger partial charge in [-0.15, -0.1) is 0 Å². The summed E-state index contributed by atoms with van der Waals surface area (Å²) >= 11 is 17.6. The summed E-state index contributed by atoms with van der Waals surface area (Å²) in [6.45, 7) is 0. The van der Waals surface area contributed by atoms with Crippen molar-refractivity contribution >= 4 is 62.2 Å². The van der Waals surface area contributed by atoms with Gasteiger partial charge in [0.1, 0.15) is 5.82 Å². The van der Waals surface area contributed by atoms with E-state index in [0.29, 0.717) is 10.0 Å². The van der Waals surface area contributed by atoms with Gasteiger partial charge in [-0.05, 0) is 54.6 Å². The summed E-state index contributed by atoms with van der Waals surface area (Å²) in [6, 6.07) is 12.9. The van der Waals surface area contributed by atoms with Gasteiger partial charge in [-0.1, -0.05) is 34.8 Å². The lowest BCUT2D eigenvalue weighted by molar-refractivity contribution is 0.102. The lowest BCUT2D eigenvalue weighted by Crippen LogP contribution is -2.19. The highest BCUT2D eigenvalue weighted by molar-refractivity contribution is 7.92. The van der Waals surface area contributed by atoms with E-state index in [1.807, 2.05) is 0 Å². The van der Waals surface area contributed by atoms with Crippen molar-refractivity contribution in [2.24, 2.45) is 0 Å². The SMILES string of the molecule is O=C(Nc1ccc(Cl)cn1)c1cc(Cl)ccc1NS(=O)(=O)c1ccc(Cl)cc1. The topological polar surface area (TPSA) is 88.2 Å². The summed E-state index contributed by atoms with van der Waals surface area (Å²) in [6.07, 6.45) is 1.37. The van der Waals surface area contributed by atoms with Crippen molar-refractivity contribution in [3.63, 3.8) is 0 Å². The number of aromatic nitrogens is 1. The molecule has 144 valence electrons. The average molecular weight is 457 g/mol. The van der Waals surface area contributed by atoms with E-state index in [0.717, 1.165) is 0 Å². The fraction of sp³-hybridized carbons (Fsp3) is 0. The van der Waals surface area contributed by atoms with Crippen LogP contribution in [0.15, 0.2) is 65.7 Å². The van der Waals surface area contributed by atoms with E-state index in [1.54, 1.807) is 6.07 Å². The van der Waals surface area contributed by atoms with Crippen molar-refractivity contribution in [3.05, 3.63) is 81.4 Å². The Kier molecular flexibility index (Phi) is 6.10. The molecule has 0 bridgehead atoms. The smallest absolute Gasteiger partial charge is 0.261 e. The number of carbonyl (C=O) groups excluding carboxylic acids is 1. The highest BCUT2D eigenvalue weighted by Gasteiger charge is 2.19. The Morgan fingerprint density at radius 3 is 2.14 bits per heavy atom. The lowest BCUT2D eigenvalue weighted by Gasteiger charge is -2.13. The van der Waals surface area contributed by atoms with E-state index in [4.69, 9.17) is 34.8 Å². The summed E-state index contributed by atoms with van der Waals surface area (Å²) < 4.78 is 27.6. The Labute approximate surface area is 176 Å². The number of nitrogens with one attached hydrogen (secondary N) is 2. The predicted molar refractivity (Wildman–Crippen MR) is 111 cm³/mol. The molecule has 0 saturated carbocycles. The maximum absolute atomic E-state index is 12.6. The molecule has 0 atom stereocenters. The van der Waals surface area contributed by atoms with Crippen LogP contribution in [-0.4, -0.2) is 19.3 Å². The standard InChI is InChI=1S/C18H12Cl3N3O3S/c19-11-1-5-14(6-2-11)28(26,27)24-16-7-3-12(20)9-15(16)18(25)23-17-8-4-13(21)10-22-17/h1-10,24H,(H,22,23,25). The zero-order chi connectivity index (χ0) is 20.3. The van der Waals surface area contributed by atoms with Crippen LogP contribution in [-0.2, 0) is 10.0 Å². The second-order valence-electron chi connectivity index (χ2n) is 5.57. The highest BCUT2D eigenvalue weighted by Crippen LogP contribution is 2.25. The van der Waals surface area contributed by atoms with Crippen molar-refractivity contribution in [2.45, 2.75) is 4.90 Å². The Morgan fingerprint density at radius 2 is 1.50 bits per heavy atom. The molecule has 0 spiro atoms. The molecule has 1 amide bonds. The van der Waals surface area contributed by atoms with Gasteiger partial charge in [0.2, 0.25) is 0 Å². The van der Waals surface area contributed by atoms with Crippen molar-refractivity contribution in [2.75, 3.05) is 10.0 Å². The fourth-order valence-corrected chi connectivity index (χ4v) is 3.73. The Hall–Kier alpha value is -2.32. The number of benzene rings is 2. The van der Waals surface area contributed by atoms with Crippen molar-refractivity contribution in [1.29, 1.82) is 0 Å². The number of amides is 1. The van der Waals surface area contributed by atoms with Crippen molar-refractivity contribution < 1.29 is 13.2 Å². The highest BCUT2D eigenvalue weighted by atomic mass is 35.5. The molecule has 3 aromatic rings. The van der Waals surface area contributed by atoms with Gasteiger partial charge in [0.15, 0.2) is 0 Å². The lowest BCUT2D eigenvalue weighted by atomic mass is 10.1. The quantitative estimate of drug-likeness (QED) is 0.559. The third-order valence-corrected chi connectivity index (χ3v) is 5.66. The molecule has 6 nitrogen and oxygen atoms in total. The van der Waals surface area contributed by atoms with E-state index in [2.05, 4.69) is 15.0 Å². The van der Waals surface area contributed by atoms with Crippen molar-refractivity contribution in [1.82, 2.24) is 4.98 Å². The molecule has 2 N–H and O–H groups in total. The molecule has 0 unspecified atom stereocenters. The van der Waals surface area contributed by atoms with E-state index >= 15 is 0 Å². The Bertz CT molecular complexity index is 1120. The first-order valence-electron chi connectivity index (χ1n) is 7.75. The van der Waals surface area contributed by atoms with E-state index in [9.17, 15) is 13.2 Å². The zero-order valence-electron chi connectivity index (χ0n) is 14.0. The van der Waals surface area contributed by atoms with Gasteiger partial charge in [-0.3, -0.25) is 9.52 Å². The molecule has 0 aliphatic rings. The normalized spacial score (nSPS) is 11.1. The van der Waals surface area contributed by atoms with Gasteiger partial charge in [0.05, 0.1) is 21.2 Å². The van der Waals surface area contributed by atoms with E-state index in [-0.39, 0.29) is 27.0 Å². The number of anilines is 2. The molecule has 0 saturated heterocycles. The predicted octanol–water partition coefficient (Wildman–Crippen LogP) is 5.09. The molecular formula is C18H12Cl3N3O3S. The number of rotatable bonds is 5. The first-order chi connectivity index (χ1) is 13.2. The molecule has 1 aromatic heterocycles. The first-order valence-corrected chi connectivity index (χ1v) is 10.4. The first kappa shape index (κ1) is 20.4. The second kappa shape index (κ2) is 8.36. The van der Waals surface area contributed by atoms with Crippen LogP contribution in [0.3, 0.4) is 0 Å². The van der Waals surface area contributed by atoms with Gasteiger partial charge < -0.3 is 5.32 Å². The minimum absolute atomic E-state index is 0.00224.